The Morgan fingerprint density at radius 2 is 2.00 bits per heavy atom. The molecular formula is C9H7NOS. The van der Waals surface area contributed by atoms with Crippen molar-refractivity contribution in [3.8, 4) is 0 Å². The molecule has 12 heavy (non-hydrogen) atoms. The van der Waals surface area contributed by atoms with Crippen molar-refractivity contribution in [3.63, 3.8) is 0 Å². The van der Waals surface area contributed by atoms with Gasteiger partial charge in [0.25, 0.3) is 0 Å². The maximum Gasteiger partial charge on any atom is 0.210 e. The average molecular weight is 177 g/mol. The zero-order valence-corrected chi connectivity index (χ0v) is 7.10. The Hall–Kier alpha value is -1.35. The van der Waals surface area contributed by atoms with Crippen LogP contribution in [-0.4, -0.2) is 0 Å². The van der Waals surface area contributed by atoms with Gasteiger partial charge in [-0.2, -0.15) is 0 Å². The lowest BCUT2D eigenvalue weighted by Crippen LogP contribution is -2.06. The topological polar surface area (TPSA) is 43.1 Å². The highest BCUT2D eigenvalue weighted by molar-refractivity contribution is 7.16. The maximum absolute atomic E-state index is 11.4. The zero-order chi connectivity index (χ0) is 8.55. The van der Waals surface area contributed by atoms with E-state index in [0.29, 0.717) is 11.1 Å². The molecule has 2 aromatic rings. The van der Waals surface area contributed by atoms with E-state index < -0.39 is 0 Å². The van der Waals surface area contributed by atoms with Crippen LogP contribution in [0, 0.1) is 0 Å². The Labute approximate surface area is 73.3 Å². The fourth-order valence-electron chi connectivity index (χ4n) is 1.09. The summed E-state index contributed by atoms with van der Waals surface area (Å²) in [7, 11) is 0. The number of hydrogen-bond donors (Lipinski definition) is 1. The predicted molar refractivity (Wildman–Crippen MR) is 52.5 cm³/mol. The third-order valence-corrected chi connectivity index (χ3v) is 2.69. The van der Waals surface area contributed by atoms with Gasteiger partial charge in [-0.1, -0.05) is 12.1 Å². The summed E-state index contributed by atoms with van der Waals surface area (Å²) in [4.78, 5) is 11.4. The molecule has 60 valence electrons. The van der Waals surface area contributed by atoms with E-state index in [1.165, 1.54) is 11.3 Å². The lowest BCUT2D eigenvalue weighted by molar-refractivity contribution is 1.69. The van der Waals surface area contributed by atoms with Crippen LogP contribution in [0.3, 0.4) is 0 Å². The Morgan fingerprint density at radius 1 is 1.25 bits per heavy atom. The van der Waals surface area contributed by atoms with Crippen molar-refractivity contribution in [2.45, 2.75) is 0 Å². The van der Waals surface area contributed by atoms with Crippen molar-refractivity contribution in [2.75, 3.05) is 5.73 Å². The van der Waals surface area contributed by atoms with Gasteiger partial charge in [0.2, 0.25) is 5.43 Å². The molecule has 0 aliphatic rings. The number of benzene rings is 1. The Morgan fingerprint density at radius 3 is 2.83 bits per heavy atom. The summed E-state index contributed by atoms with van der Waals surface area (Å²) in [5.74, 6) is 0. The Balaban J connectivity index is 3.01. The van der Waals surface area contributed by atoms with Crippen LogP contribution in [0.1, 0.15) is 0 Å². The smallest absolute Gasteiger partial charge is 0.210 e. The summed E-state index contributed by atoms with van der Waals surface area (Å²) >= 11 is 1.49. The van der Waals surface area contributed by atoms with E-state index in [0.717, 1.165) is 4.70 Å². The molecule has 0 bridgehead atoms. The van der Waals surface area contributed by atoms with E-state index in [2.05, 4.69) is 0 Å². The summed E-state index contributed by atoms with van der Waals surface area (Å²) in [6, 6.07) is 7.47. The van der Waals surface area contributed by atoms with Crippen LogP contribution in [0.4, 0.5) is 5.69 Å². The molecule has 2 nitrogen and oxygen atoms in total. The molecule has 1 aromatic heterocycles. The molecule has 0 atom stereocenters. The number of fused-ring (bicyclic) bond motifs is 1. The molecule has 2 rings (SSSR count). The van der Waals surface area contributed by atoms with Gasteiger partial charge in [0.05, 0.1) is 5.69 Å². The molecular weight excluding hydrogens is 170 g/mol. The number of nitrogens with two attached hydrogens (primary N) is 1. The van der Waals surface area contributed by atoms with Crippen molar-refractivity contribution >= 4 is 27.1 Å². The molecule has 0 aliphatic heterocycles. The third-order valence-electron chi connectivity index (χ3n) is 1.71. The van der Waals surface area contributed by atoms with Crippen molar-refractivity contribution in [1.29, 1.82) is 0 Å². The first kappa shape index (κ1) is 7.31. The molecule has 3 heteroatoms. The monoisotopic (exact) mass is 177 g/mol. The quantitative estimate of drug-likeness (QED) is 0.667. The van der Waals surface area contributed by atoms with E-state index in [9.17, 15) is 4.79 Å². The van der Waals surface area contributed by atoms with Gasteiger partial charge in [0, 0.05) is 15.5 Å². The number of anilines is 1. The van der Waals surface area contributed by atoms with Gasteiger partial charge in [-0.25, -0.2) is 0 Å². The fraction of sp³-hybridized carbons (Fsp3) is 0. The molecule has 2 N–H and O–H groups in total. The number of rotatable bonds is 0. The SMILES string of the molecule is Nc1csc2ccccc2c1=O. The van der Waals surface area contributed by atoms with E-state index in [4.69, 9.17) is 5.73 Å². The van der Waals surface area contributed by atoms with Gasteiger partial charge in [-0.05, 0) is 12.1 Å². The zero-order valence-electron chi connectivity index (χ0n) is 6.28. The first-order valence-electron chi connectivity index (χ1n) is 3.55. The second-order valence-electron chi connectivity index (χ2n) is 2.52. The molecule has 0 saturated heterocycles. The van der Waals surface area contributed by atoms with Crippen molar-refractivity contribution in [3.05, 3.63) is 39.9 Å². The van der Waals surface area contributed by atoms with Crippen LogP contribution in [0.15, 0.2) is 34.4 Å². The lowest BCUT2D eigenvalue weighted by atomic mass is 10.2. The summed E-state index contributed by atoms with van der Waals surface area (Å²) in [6.07, 6.45) is 0. The highest BCUT2D eigenvalue weighted by Crippen LogP contribution is 2.16. The Kier molecular flexibility index (Phi) is 1.59. The maximum atomic E-state index is 11.4. The largest absolute Gasteiger partial charge is 0.395 e. The first-order valence-corrected chi connectivity index (χ1v) is 4.43. The highest BCUT2D eigenvalue weighted by Gasteiger charge is 1.99. The molecule has 0 amide bonds. The van der Waals surface area contributed by atoms with Crippen LogP contribution < -0.4 is 11.2 Å². The predicted octanol–water partition coefficient (Wildman–Crippen LogP) is 1.84. The minimum Gasteiger partial charge on any atom is -0.395 e. The number of hydrogen-bond acceptors (Lipinski definition) is 3. The minimum absolute atomic E-state index is 0.0654. The third kappa shape index (κ3) is 0.987. The molecule has 0 saturated carbocycles. The summed E-state index contributed by atoms with van der Waals surface area (Å²) in [5, 5.41) is 2.40. The molecule has 0 radical (unpaired) electrons. The van der Waals surface area contributed by atoms with Crippen LogP contribution >= 0.6 is 11.3 Å². The minimum atomic E-state index is -0.0654. The second kappa shape index (κ2) is 2.60. The highest BCUT2D eigenvalue weighted by atomic mass is 32.1. The Bertz CT molecular complexity index is 475. The summed E-state index contributed by atoms with van der Waals surface area (Å²) < 4.78 is 0.983. The van der Waals surface area contributed by atoms with Gasteiger partial charge in [0.1, 0.15) is 0 Å². The van der Waals surface area contributed by atoms with Gasteiger partial charge < -0.3 is 5.73 Å². The van der Waals surface area contributed by atoms with Crippen LogP contribution in [0.25, 0.3) is 10.1 Å². The van der Waals surface area contributed by atoms with Gasteiger partial charge in [0.15, 0.2) is 0 Å². The van der Waals surface area contributed by atoms with Gasteiger partial charge in [-0.3, -0.25) is 4.79 Å². The van der Waals surface area contributed by atoms with Gasteiger partial charge in [-0.15, -0.1) is 11.3 Å². The standard InChI is InChI=1S/C9H7NOS/c10-7-5-12-8-4-2-1-3-6(8)9(7)11/h1-5H,10H2. The number of nitrogen functional groups attached to an aromatic ring is 1. The average Bonchev–Trinajstić information content (AvgIpc) is 2.12. The van der Waals surface area contributed by atoms with E-state index in [1.807, 2.05) is 18.2 Å². The summed E-state index contributed by atoms with van der Waals surface area (Å²) in [6.45, 7) is 0. The normalized spacial score (nSPS) is 10.3. The summed E-state index contributed by atoms with van der Waals surface area (Å²) in [5.41, 5.74) is 5.75. The second-order valence-corrected chi connectivity index (χ2v) is 3.43. The fourth-order valence-corrected chi connectivity index (χ4v) is 1.90. The van der Waals surface area contributed by atoms with E-state index in [1.54, 1.807) is 11.4 Å². The van der Waals surface area contributed by atoms with Crippen molar-refractivity contribution in [1.82, 2.24) is 0 Å². The van der Waals surface area contributed by atoms with Crippen LogP contribution in [0.5, 0.6) is 0 Å². The molecule has 0 aliphatic carbocycles. The molecule has 1 aromatic carbocycles. The lowest BCUT2D eigenvalue weighted by Gasteiger charge is -1.95. The van der Waals surface area contributed by atoms with Crippen molar-refractivity contribution < 1.29 is 0 Å². The van der Waals surface area contributed by atoms with E-state index >= 15 is 0 Å². The van der Waals surface area contributed by atoms with Gasteiger partial charge >= 0.3 is 0 Å². The van der Waals surface area contributed by atoms with Crippen LogP contribution in [0.2, 0.25) is 0 Å². The molecule has 0 fully saturated rings. The van der Waals surface area contributed by atoms with Crippen LogP contribution in [-0.2, 0) is 0 Å². The molecule has 1 heterocycles. The van der Waals surface area contributed by atoms with E-state index in [-0.39, 0.29) is 5.43 Å². The molecule has 0 unspecified atom stereocenters. The molecule has 0 spiro atoms. The first-order chi connectivity index (χ1) is 5.79. The van der Waals surface area contributed by atoms with Crippen molar-refractivity contribution in [2.24, 2.45) is 0 Å².